The molecule has 18 heavy (non-hydrogen) atoms. The summed E-state index contributed by atoms with van der Waals surface area (Å²) in [6.07, 6.45) is 1.01. The second-order valence-electron chi connectivity index (χ2n) is 4.37. The molecule has 2 heteroatoms. The van der Waals surface area contributed by atoms with Crippen molar-refractivity contribution in [1.82, 2.24) is 0 Å². The summed E-state index contributed by atoms with van der Waals surface area (Å²) in [5.74, 6) is 0.906. The first-order valence-electron chi connectivity index (χ1n) is 6.22. The van der Waals surface area contributed by atoms with Gasteiger partial charge in [-0.05, 0) is 36.6 Å². The van der Waals surface area contributed by atoms with E-state index in [4.69, 9.17) is 4.74 Å². The summed E-state index contributed by atoms with van der Waals surface area (Å²) < 4.78 is 5.37. The van der Waals surface area contributed by atoms with E-state index in [1.165, 1.54) is 11.1 Å². The topological polar surface area (TPSA) is 21.3 Å². The van der Waals surface area contributed by atoms with Gasteiger partial charge in [-0.25, -0.2) is 0 Å². The summed E-state index contributed by atoms with van der Waals surface area (Å²) in [7, 11) is 1.71. The standard InChI is InChI=1S/C16H19NO/c1-13-8-9-15(16(12-13)18-2)17-11-10-14-6-4-3-5-7-14/h3-9,12,17H,10-11H2,1-2H3. The van der Waals surface area contributed by atoms with Crippen LogP contribution in [0.2, 0.25) is 0 Å². The minimum atomic E-state index is 0.906. The summed E-state index contributed by atoms with van der Waals surface area (Å²) >= 11 is 0. The van der Waals surface area contributed by atoms with Crippen LogP contribution in [0, 0.1) is 6.92 Å². The van der Waals surface area contributed by atoms with Crippen molar-refractivity contribution < 1.29 is 4.74 Å². The lowest BCUT2D eigenvalue weighted by Gasteiger charge is -2.11. The lowest BCUT2D eigenvalue weighted by atomic mass is 10.1. The van der Waals surface area contributed by atoms with Gasteiger partial charge in [-0.2, -0.15) is 0 Å². The van der Waals surface area contributed by atoms with Crippen molar-refractivity contribution in [3.05, 3.63) is 59.7 Å². The van der Waals surface area contributed by atoms with E-state index >= 15 is 0 Å². The first-order chi connectivity index (χ1) is 8.79. The molecule has 94 valence electrons. The molecule has 0 saturated heterocycles. The third-order valence-corrected chi connectivity index (χ3v) is 2.93. The fraction of sp³-hybridized carbons (Fsp3) is 0.250. The zero-order chi connectivity index (χ0) is 12.8. The van der Waals surface area contributed by atoms with E-state index in [0.717, 1.165) is 24.4 Å². The van der Waals surface area contributed by atoms with Crippen LogP contribution < -0.4 is 10.1 Å². The Hall–Kier alpha value is -1.96. The molecular formula is C16H19NO. The average molecular weight is 241 g/mol. The molecule has 0 fully saturated rings. The van der Waals surface area contributed by atoms with Gasteiger partial charge in [0, 0.05) is 6.54 Å². The SMILES string of the molecule is COc1cc(C)ccc1NCCc1ccccc1. The number of benzene rings is 2. The van der Waals surface area contributed by atoms with E-state index in [1.807, 2.05) is 12.1 Å². The monoisotopic (exact) mass is 241 g/mol. The second kappa shape index (κ2) is 6.10. The fourth-order valence-electron chi connectivity index (χ4n) is 1.93. The highest BCUT2D eigenvalue weighted by atomic mass is 16.5. The summed E-state index contributed by atoms with van der Waals surface area (Å²) in [5, 5.41) is 3.41. The predicted octanol–water partition coefficient (Wildman–Crippen LogP) is 3.66. The number of nitrogens with one attached hydrogen (secondary N) is 1. The van der Waals surface area contributed by atoms with Gasteiger partial charge in [0.2, 0.25) is 0 Å². The Labute approximate surface area is 109 Å². The number of rotatable bonds is 5. The van der Waals surface area contributed by atoms with Crippen LogP contribution in [0.4, 0.5) is 5.69 Å². The Bertz CT molecular complexity index is 494. The minimum absolute atomic E-state index is 0.906. The van der Waals surface area contributed by atoms with E-state index in [1.54, 1.807) is 7.11 Å². The maximum atomic E-state index is 5.37. The minimum Gasteiger partial charge on any atom is -0.495 e. The Morgan fingerprint density at radius 1 is 1.06 bits per heavy atom. The molecule has 0 atom stereocenters. The number of anilines is 1. The molecule has 0 aliphatic rings. The van der Waals surface area contributed by atoms with Gasteiger partial charge >= 0.3 is 0 Å². The van der Waals surface area contributed by atoms with Crippen molar-refractivity contribution >= 4 is 5.69 Å². The van der Waals surface area contributed by atoms with Gasteiger partial charge in [0.1, 0.15) is 5.75 Å². The number of ether oxygens (including phenoxy) is 1. The highest BCUT2D eigenvalue weighted by molar-refractivity contribution is 5.57. The highest BCUT2D eigenvalue weighted by Crippen LogP contribution is 2.25. The van der Waals surface area contributed by atoms with E-state index in [-0.39, 0.29) is 0 Å². The highest BCUT2D eigenvalue weighted by Gasteiger charge is 2.02. The largest absolute Gasteiger partial charge is 0.495 e. The Kier molecular flexibility index (Phi) is 4.24. The van der Waals surface area contributed by atoms with Gasteiger partial charge < -0.3 is 10.1 Å². The lowest BCUT2D eigenvalue weighted by Crippen LogP contribution is -2.06. The Balaban J connectivity index is 1.94. The zero-order valence-corrected chi connectivity index (χ0v) is 10.9. The first-order valence-corrected chi connectivity index (χ1v) is 6.22. The molecule has 0 saturated carbocycles. The van der Waals surface area contributed by atoms with Crippen LogP contribution in [-0.4, -0.2) is 13.7 Å². The first kappa shape index (κ1) is 12.5. The molecule has 0 amide bonds. The van der Waals surface area contributed by atoms with Gasteiger partial charge in [-0.15, -0.1) is 0 Å². The molecule has 0 spiro atoms. The van der Waals surface area contributed by atoms with Crippen molar-refractivity contribution in [2.24, 2.45) is 0 Å². The average Bonchev–Trinajstić information content (AvgIpc) is 2.41. The molecule has 0 heterocycles. The van der Waals surface area contributed by atoms with Crippen LogP contribution in [0.25, 0.3) is 0 Å². The molecule has 0 aliphatic carbocycles. The van der Waals surface area contributed by atoms with Crippen LogP contribution in [-0.2, 0) is 6.42 Å². The Morgan fingerprint density at radius 2 is 1.83 bits per heavy atom. The molecule has 0 bridgehead atoms. The molecule has 0 aliphatic heterocycles. The second-order valence-corrected chi connectivity index (χ2v) is 4.37. The van der Waals surface area contributed by atoms with Gasteiger partial charge in [0.15, 0.2) is 0 Å². The molecular weight excluding hydrogens is 222 g/mol. The summed E-state index contributed by atoms with van der Waals surface area (Å²) in [6, 6.07) is 16.7. The predicted molar refractivity (Wildman–Crippen MR) is 76.4 cm³/mol. The fourth-order valence-corrected chi connectivity index (χ4v) is 1.93. The molecule has 0 aromatic heterocycles. The van der Waals surface area contributed by atoms with Gasteiger partial charge in [-0.3, -0.25) is 0 Å². The lowest BCUT2D eigenvalue weighted by molar-refractivity contribution is 0.416. The van der Waals surface area contributed by atoms with Crippen LogP contribution in [0.1, 0.15) is 11.1 Å². The molecule has 2 aromatic rings. The Morgan fingerprint density at radius 3 is 2.56 bits per heavy atom. The maximum Gasteiger partial charge on any atom is 0.142 e. The van der Waals surface area contributed by atoms with Crippen molar-refractivity contribution in [2.45, 2.75) is 13.3 Å². The van der Waals surface area contributed by atoms with E-state index in [0.29, 0.717) is 0 Å². The maximum absolute atomic E-state index is 5.37. The molecule has 1 N–H and O–H groups in total. The summed E-state index contributed by atoms with van der Waals surface area (Å²) in [6.45, 7) is 2.97. The molecule has 2 aromatic carbocycles. The van der Waals surface area contributed by atoms with Crippen molar-refractivity contribution in [3.8, 4) is 5.75 Å². The molecule has 2 rings (SSSR count). The summed E-state index contributed by atoms with van der Waals surface area (Å²) in [4.78, 5) is 0. The number of hydrogen-bond donors (Lipinski definition) is 1. The molecule has 2 nitrogen and oxygen atoms in total. The van der Waals surface area contributed by atoms with Crippen LogP contribution in [0.3, 0.4) is 0 Å². The van der Waals surface area contributed by atoms with Crippen LogP contribution >= 0.6 is 0 Å². The van der Waals surface area contributed by atoms with Gasteiger partial charge in [-0.1, -0.05) is 36.4 Å². The van der Waals surface area contributed by atoms with E-state index < -0.39 is 0 Å². The number of hydrogen-bond acceptors (Lipinski definition) is 2. The van der Waals surface area contributed by atoms with Gasteiger partial charge in [0.05, 0.1) is 12.8 Å². The van der Waals surface area contributed by atoms with Crippen LogP contribution in [0.5, 0.6) is 5.75 Å². The van der Waals surface area contributed by atoms with Gasteiger partial charge in [0.25, 0.3) is 0 Å². The van der Waals surface area contributed by atoms with Crippen molar-refractivity contribution in [2.75, 3.05) is 19.0 Å². The smallest absolute Gasteiger partial charge is 0.142 e. The van der Waals surface area contributed by atoms with Crippen LogP contribution in [0.15, 0.2) is 48.5 Å². The summed E-state index contributed by atoms with van der Waals surface area (Å²) in [5.41, 5.74) is 3.61. The quantitative estimate of drug-likeness (QED) is 0.862. The molecule has 0 unspecified atom stereocenters. The number of aryl methyl sites for hydroxylation is 1. The van der Waals surface area contributed by atoms with Crippen molar-refractivity contribution in [1.29, 1.82) is 0 Å². The third-order valence-electron chi connectivity index (χ3n) is 2.93. The number of methoxy groups -OCH3 is 1. The third kappa shape index (κ3) is 3.27. The molecule has 0 radical (unpaired) electrons. The zero-order valence-electron chi connectivity index (χ0n) is 10.9. The van der Waals surface area contributed by atoms with E-state index in [2.05, 4.69) is 48.6 Å². The normalized spacial score (nSPS) is 10.1. The van der Waals surface area contributed by atoms with E-state index in [9.17, 15) is 0 Å². The van der Waals surface area contributed by atoms with Crippen molar-refractivity contribution in [3.63, 3.8) is 0 Å².